The number of rotatable bonds is 4. The lowest BCUT2D eigenvalue weighted by molar-refractivity contribution is 0.536. The molecule has 0 amide bonds. The van der Waals surface area contributed by atoms with Gasteiger partial charge in [0.25, 0.3) is 0 Å². The first-order valence-electron chi connectivity index (χ1n) is 4.83. The third-order valence-corrected chi connectivity index (χ3v) is 2.25. The van der Waals surface area contributed by atoms with Gasteiger partial charge in [-0.05, 0) is 13.8 Å². The van der Waals surface area contributed by atoms with Gasteiger partial charge in [-0.3, -0.25) is 0 Å². The fraction of sp³-hybridized carbons (Fsp3) is 0.700. The van der Waals surface area contributed by atoms with E-state index in [0.29, 0.717) is 6.04 Å². The monoisotopic (exact) mass is 181 g/mol. The maximum atomic E-state index is 4.25. The van der Waals surface area contributed by atoms with Crippen LogP contribution in [0.3, 0.4) is 0 Å². The van der Waals surface area contributed by atoms with Gasteiger partial charge in [0.15, 0.2) is 0 Å². The fourth-order valence-electron chi connectivity index (χ4n) is 1.24. The van der Waals surface area contributed by atoms with Crippen LogP contribution in [0.25, 0.3) is 0 Å². The Labute approximate surface area is 80.2 Å². The lowest BCUT2D eigenvalue weighted by Crippen LogP contribution is -2.26. The molecule has 0 saturated heterocycles. The van der Waals surface area contributed by atoms with Crippen LogP contribution in [-0.4, -0.2) is 22.1 Å². The number of aryl methyl sites for hydroxylation is 1. The minimum absolute atomic E-state index is 0.560. The van der Waals surface area contributed by atoms with Gasteiger partial charge in [-0.15, -0.1) is 0 Å². The number of imidazole rings is 1. The lowest BCUT2D eigenvalue weighted by atomic mass is 10.3. The minimum atomic E-state index is 0.560. The van der Waals surface area contributed by atoms with E-state index in [1.54, 1.807) is 0 Å². The quantitative estimate of drug-likeness (QED) is 0.763. The average Bonchev–Trinajstić information content (AvgIpc) is 2.35. The summed E-state index contributed by atoms with van der Waals surface area (Å²) in [5.41, 5.74) is 2.40. The SMILES string of the molecule is Cc1ncn(CCNC(C)C)c1C. The molecular formula is C10H19N3. The number of aromatic nitrogens is 2. The van der Waals surface area contributed by atoms with Gasteiger partial charge in [0.2, 0.25) is 0 Å². The van der Waals surface area contributed by atoms with Crippen LogP contribution in [0.15, 0.2) is 6.33 Å². The molecule has 1 aromatic rings. The lowest BCUT2D eigenvalue weighted by Gasteiger charge is -2.09. The molecule has 0 aliphatic carbocycles. The first-order chi connectivity index (χ1) is 6.11. The van der Waals surface area contributed by atoms with Crippen molar-refractivity contribution in [2.75, 3.05) is 6.54 Å². The smallest absolute Gasteiger partial charge is 0.0951 e. The van der Waals surface area contributed by atoms with Crippen molar-refractivity contribution in [3.05, 3.63) is 17.7 Å². The summed E-state index contributed by atoms with van der Waals surface area (Å²) in [7, 11) is 0. The molecule has 3 nitrogen and oxygen atoms in total. The van der Waals surface area contributed by atoms with Crippen molar-refractivity contribution in [3.8, 4) is 0 Å². The summed E-state index contributed by atoms with van der Waals surface area (Å²) in [6.45, 7) is 10.5. The Morgan fingerprint density at radius 2 is 2.15 bits per heavy atom. The van der Waals surface area contributed by atoms with Crippen LogP contribution < -0.4 is 5.32 Å². The van der Waals surface area contributed by atoms with Crippen molar-refractivity contribution in [2.45, 2.75) is 40.3 Å². The predicted molar refractivity (Wildman–Crippen MR) is 54.8 cm³/mol. The van der Waals surface area contributed by atoms with Crippen molar-refractivity contribution in [1.29, 1.82) is 0 Å². The summed E-state index contributed by atoms with van der Waals surface area (Å²) in [6.07, 6.45) is 1.91. The summed E-state index contributed by atoms with van der Waals surface area (Å²) >= 11 is 0. The molecule has 0 saturated carbocycles. The van der Waals surface area contributed by atoms with E-state index in [4.69, 9.17) is 0 Å². The van der Waals surface area contributed by atoms with E-state index in [0.717, 1.165) is 18.8 Å². The van der Waals surface area contributed by atoms with Crippen LogP contribution in [0, 0.1) is 13.8 Å². The zero-order chi connectivity index (χ0) is 9.84. The van der Waals surface area contributed by atoms with E-state index in [1.165, 1.54) is 5.69 Å². The number of nitrogens with zero attached hydrogens (tertiary/aromatic N) is 2. The summed E-state index contributed by atoms with van der Waals surface area (Å²) in [5, 5.41) is 3.38. The van der Waals surface area contributed by atoms with E-state index >= 15 is 0 Å². The molecule has 1 rings (SSSR count). The third kappa shape index (κ3) is 2.84. The zero-order valence-electron chi connectivity index (χ0n) is 8.96. The highest BCUT2D eigenvalue weighted by Crippen LogP contribution is 2.02. The van der Waals surface area contributed by atoms with Gasteiger partial charge < -0.3 is 9.88 Å². The van der Waals surface area contributed by atoms with Gasteiger partial charge in [-0.25, -0.2) is 4.98 Å². The second-order valence-corrected chi connectivity index (χ2v) is 3.72. The highest BCUT2D eigenvalue weighted by atomic mass is 15.1. The van der Waals surface area contributed by atoms with Crippen LogP contribution in [0.1, 0.15) is 25.2 Å². The van der Waals surface area contributed by atoms with Crippen molar-refractivity contribution in [2.24, 2.45) is 0 Å². The van der Waals surface area contributed by atoms with Crippen LogP contribution in [0.5, 0.6) is 0 Å². The van der Waals surface area contributed by atoms with Crippen molar-refractivity contribution >= 4 is 0 Å². The van der Waals surface area contributed by atoms with Gasteiger partial charge in [-0.1, -0.05) is 13.8 Å². The van der Waals surface area contributed by atoms with Crippen LogP contribution in [0.4, 0.5) is 0 Å². The zero-order valence-corrected chi connectivity index (χ0v) is 8.96. The number of nitrogens with one attached hydrogen (secondary N) is 1. The Morgan fingerprint density at radius 1 is 1.46 bits per heavy atom. The maximum absolute atomic E-state index is 4.25. The predicted octanol–water partition coefficient (Wildman–Crippen LogP) is 1.50. The second-order valence-electron chi connectivity index (χ2n) is 3.72. The Kier molecular flexibility index (Phi) is 3.48. The molecule has 0 bridgehead atoms. The topological polar surface area (TPSA) is 29.9 Å². The molecule has 1 N–H and O–H groups in total. The number of hydrogen-bond donors (Lipinski definition) is 1. The molecule has 3 heteroatoms. The number of hydrogen-bond acceptors (Lipinski definition) is 2. The molecule has 0 unspecified atom stereocenters. The summed E-state index contributed by atoms with van der Waals surface area (Å²) in [4.78, 5) is 4.25. The first-order valence-corrected chi connectivity index (χ1v) is 4.83. The fourth-order valence-corrected chi connectivity index (χ4v) is 1.24. The summed E-state index contributed by atoms with van der Waals surface area (Å²) in [6, 6.07) is 0.560. The van der Waals surface area contributed by atoms with E-state index in [-0.39, 0.29) is 0 Å². The van der Waals surface area contributed by atoms with Gasteiger partial charge in [0.1, 0.15) is 0 Å². The van der Waals surface area contributed by atoms with Gasteiger partial charge in [-0.2, -0.15) is 0 Å². The van der Waals surface area contributed by atoms with Crippen molar-refractivity contribution < 1.29 is 0 Å². The van der Waals surface area contributed by atoms with Crippen LogP contribution >= 0.6 is 0 Å². The third-order valence-electron chi connectivity index (χ3n) is 2.25. The standard InChI is InChI=1S/C10H19N3/c1-8(2)11-5-6-13-7-12-9(3)10(13)4/h7-8,11H,5-6H2,1-4H3. The van der Waals surface area contributed by atoms with Crippen molar-refractivity contribution in [3.63, 3.8) is 0 Å². The summed E-state index contributed by atoms with van der Waals surface area (Å²) in [5.74, 6) is 0. The van der Waals surface area contributed by atoms with Crippen molar-refractivity contribution in [1.82, 2.24) is 14.9 Å². The molecular weight excluding hydrogens is 162 g/mol. The normalized spacial score (nSPS) is 11.2. The van der Waals surface area contributed by atoms with Crippen LogP contribution in [-0.2, 0) is 6.54 Å². The molecule has 74 valence electrons. The minimum Gasteiger partial charge on any atom is -0.333 e. The van der Waals surface area contributed by atoms with Gasteiger partial charge >= 0.3 is 0 Å². The Balaban J connectivity index is 2.41. The molecule has 0 spiro atoms. The summed E-state index contributed by atoms with van der Waals surface area (Å²) < 4.78 is 2.19. The van der Waals surface area contributed by atoms with Gasteiger partial charge in [0, 0.05) is 24.8 Å². The molecule has 0 fully saturated rings. The highest BCUT2D eigenvalue weighted by molar-refractivity contribution is 5.08. The average molecular weight is 181 g/mol. The Morgan fingerprint density at radius 3 is 2.62 bits per heavy atom. The molecule has 0 atom stereocenters. The highest BCUT2D eigenvalue weighted by Gasteiger charge is 2.00. The van der Waals surface area contributed by atoms with E-state index < -0.39 is 0 Å². The van der Waals surface area contributed by atoms with Crippen LogP contribution in [0.2, 0.25) is 0 Å². The molecule has 0 aliphatic heterocycles. The molecule has 0 aliphatic rings. The molecule has 1 aromatic heterocycles. The Bertz CT molecular complexity index is 263. The molecule has 0 radical (unpaired) electrons. The van der Waals surface area contributed by atoms with E-state index in [2.05, 4.69) is 35.6 Å². The Hall–Kier alpha value is -0.830. The second kappa shape index (κ2) is 4.42. The molecule has 0 aromatic carbocycles. The largest absolute Gasteiger partial charge is 0.333 e. The molecule has 1 heterocycles. The molecule has 13 heavy (non-hydrogen) atoms. The maximum Gasteiger partial charge on any atom is 0.0951 e. The van der Waals surface area contributed by atoms with E-state index in [9.17, 15) is 0 Å². The first kappa shape index (κ1) is 10.3. The van der Waals surface area contributed by atoms with Gasteiger partial charge in [0.05, 0.1) is 12.0 Å². The van der Waals surface area contributed by atoms with E-state index in [1.807, 2.05) is 13.3 Å².